The first-order valence-electron chi connectivity index (χ1n) is 6.20. The van der Waals surface area contributed by atoms with Gasteiger partial charge in [0.15, 0.2) is 0 Å². The van der Waals surface area contributed by atoms with Crippen molar-refractivity contribution in [3.63, 3.8) is 0 Å². The Morgan fingerprint density at radius 1 is 1.24 bits per heavy atom. The van der Waals surface area contributed by atoms with Crippen LogP contribution in [0.25, 0.3) is 0 Å². The average Bonchev–Trinajstić information content (AvgIpc) is 2.29. The largest absolute Gasteiger partial charge is 0.496 e. The third-order valence-electron chi connectivity index (χ3n) is 3.09. The Labute approximate surface area is 109 Å². The van der Waals surface area contributed by atoms with Gasteiger partial charge in [-0.05, 0) is 31.0 Å². The van der Waals surface area contributed by atoms with E-state index in [1.807, 2.05) is 18.2 Å². The molecule has 17 heavy (non-hydrogen) atoms. The summed E-state index contributed by atoms with van der Waals surface area (Å²) in [4.78, 5) is 0. The zero-order chi connectivity index (χ0) is 12.9. The summed E-state index contributed by atoms with van der Waals surface area (Å²) < 4.78 is 5.40. The Bertz CT molecular complexity index is 359. The fourth-order valence-corrected chi connectivity index (χ4v) is 2.53. The van der Waals surface area contributed by atoms with Crippen LogP contribution in [-0.4, -0.2) is 7.11 Å². The van der Waals surface area contributed by atoms with E-state index < -0.39 is 0 Å². The summed E-state index contributed by atoms with van der Waals surface area (Å²) in [5.41, 5.74) is 7.24. The molecule has 3 heteroatoms. The molecule has 0 bridgehead atoms. The highest BCUT2D eigenvalue weighted by Gasteiger charge is 2.28. The second kappa shape index (κ2) is 6.27. The predicted octanol–water partition coefficient (Wildman–Crippen LogP) is 4.10. The molecule has 1 rings (SSSR count). The monoisotopic (exact) mass is 255 g/mol. The van der Waals surface area contributed by atoms with Crippen LogP contribution in [0.1, 0.15) is 45.1 Å². The lowest BCUT2D eigenvalue weighted by Crippen LogP contribution is -2.36. The fourth-order valence-electron chi connectivity index (χ4n) is 2.36. The maximum atomic E-state index is 6.55. The number of rotatable bonds is 6. The summed E-state index contributed by atoms with van der Waals surface area (Å²) in [7, 11) is 1.67. The minimum atomic E-state index is -0.334. The summed E-state index contributed by atoms with van der Waals surface area (Å²) >= 11 is 6.07. The van der Waals surface area contributed by atoms with Crippen LogP contribution in [0.15, 0.2) is 18.2 Å². The number of benzene rings is 1. The van der Waals surface area contributed by atoms with E-state index in [1.54, 1.807) is 7.11 Å². The van der Waals surface area contributed by atoms with Crippen LogP contribution in [0.5, 0.6) is 5.75 Å². The van der Waals surface area contributed by atoms with Crippen LogP contribution in [0.2, 0.25) is 5.02 Å². The molecular weight excluding hydrogens is 234 g/mol. The topological polar surface area (TPSA) is 35.2 Å². The third kappa shape index (κ3) is 3.36. The highest BCUT2D eigenvalue weighted by Crippen LogP contribution is 2.36. The molecule has 0 fully saturated rings. The van der Waals surface area contributed by atoms with E-state index in [2.05, 4.69) is 13.8 Å². The Balaban J connectivity index is 3.20. The molecule has 0 radical (unpaired) electrons. The lowest BCUT2D eigenvalue weighted by atomic mass is 9.82. The van der Waals surface area contributed by atoms with Crippen molar-refractivity contribution in [3.05, 3.63) is 28.8 Å². The molecular formula is C14H22ClNO. The number of halogens is 1. The second-order valence-corrected chi connectivity index (χ2v) is 4.94. The SMILES string of the molecule is CCCC(N)(CCC)c1cc(Cl)ccc1OC. The zero-order valence-corrected chi connectivity index (χ0v) is 11.7. The first-order valence-corrected chi connectivity index (χ1v) is 6.58. The van der Waals surface area contributed by atoms with Crippen LogP contribution in [0.3, 0.4) is 0 Å². The van der Waals surface area contributed by atoms with Gasteiger partial charge in [-0.15, -0.1) is 0 Å². The van der Waals surface area contributed by atoms with Gasteiger partial charge < -0.3 is 10.5 Å². The maximum absolute atomic E-state index is 6.55. The molecule has 2 N–H and O–H groups in total. The maximum Gasteiger partial charge on any atom is 0.124 e. The van der Waals surface area contributed by atoms with Gasteiger partial charge in [-0.2, -0.15) is 0 Å². The second-order valence-electron chi connectivity index (χ2n) is 4.50. The number of hydrogen-bond donors (Lipinski definition) is 1. The standard InChI is InChI=1S/C14H22ClNO/c1-4-8-14(16,9-5-2)12-10-11(15)6-7-13(12)17-3/h6-7,10H,4-5,8-9,16H2,1-3H3. The molecule has 0 unspecified atom stereocenters. The van der Waals surface area contributed by atoms with Gasteiger partial charge in [0.1, 0.15) is 5.75 Å². The van der Waals surface area contributed by atoms with Crippen LogP contribution < -0.4 is 10.5 Å². The Kier molecular flexibility index (Phi) is 5.29. The predicted molar refractivity (Wildman–Crippen MR) is 73.7 cm³/mol. The molecule has 0 heterocycles. The first-order chi connectivity index (χ1) is 8.07. The summed E-state index contributed by atoms with van der Waals surface area (Å²) in [6.07, 6.45) is 3.98. The highest BCUT2D eigenvalue weighted by molar-refractivity contribution is 6.30. The Morgan fingerprint density at radius 2 is 1.82 bits per heavy atom. The number of ether oxygens (including phenoxy) is 1. The quantitative estimate of drug-likeness (QED) is 0.831. The lowest BCUT2D eigenvalue weighted by molar-refractivity contribution is 0.339. The molecule has 1 aromatic rings. The molecule has 0 aliphatic rings. The summed E-state index contributed by atoms with van der Waals surface area (Å²) in [6, 6.07) is 5.67. The van der Waals surface area contributed by atoms with Gasteiger partial charge in [0.2, 0.25) is 0 Å². The Hall–Kier alpha value is -0.730. The molecule has 0 atom stereocenters. The molecule has 0 aromatic heterocycles. The van der Waals surface area contributed by atoms with Crippen molar-refractivity contribution < 1.29 is 4.74 Å². The van der Waals surface area contributed by atoms with Gasteiger partial charge in [-0.25, -0.2) is 0 Å². The molecule has 0 saturated heterocycles. The fraction of sp³-hybridized carbons (Fsp3) is 0.571. The molecule has 0 spiro atoms. The number of hydrogen-bond acceptors (Lipinski definition) is 2. The molecule has 1 aromatic carbocycles. The van der Waals surface area contributed by atoms with Gasteiger partial charge in [0.25, 0.3) is 0 Å². The highest BCUT2D eigenvalue weighted by atomic mass is 35.5. The minimum Gasteiger partial charge on any atom is -0.496 e. The van der Waals surface area contributed by atoms with E-state index in [9.17, 15) is 0 Å². The summed E-state index contributed by atoms with van der Waals surface area (Å²) in [5, 5.41) is 0.711. The van der Waals surface area contributed by atoms with E-state index in [-0.39, 0.29) is 5.54 Å². The normalized spacial score (nSPS) is 11.6. The zero-order valence-electron chi connectivity index (χ0n) is 10.9. The average molecular weight is 256 g/mol. The molecule has 0 amide bonds. The van der Waals surface area contributed by atoms with Crippen LogP contribution in [-0.2, 0) is 5.54 Å². The van der Waals surface area contributed by atoms with Crippen molar-refractivity contribution in [1.82, 2.24) is 0 Å². The summed E-state index contributed by atoms with van der Waals surface area (Å²) in [6.45, 7) is 4.29. The Morgan fingerprint density at radius 3 is 2.29 bits per heavy atom. The van der Waals surface area contributed by atoms with Crippen molar-refractivity contribution in [2.24, 2.45) is 5.73 Å². The number of nitrogens with two attached hydrogens (primary N) is 1. The van der Waals surface area contributed by atoms with E-state index in [1.165, 1.54) is 0 Å². The first kappa shape index (κ1) is 14.3. The minimum absolute atomic E-state index is 0.334. The van der Waals surface area contributed by atoms with E-state index >= 15 is 0 Å². The van der Waals surface area contributed by atoms with E-state index in [0.29, 0.717) is 5.02 Å². The van der Waals surface area contributed by atoms with Crippen molar-refractivity contribution in [2.75, 3.05) is 7.11 Å². The van der Waals surface area contributed by atoms with Gasteiger partial charge >= 0.3 is 0 Å². The summed E-state index contributed by atoms with van der Waals surface area (Å²) in [5.74, 6) is 0.832. The van der Waals surface area contributed by atoms with Gasteiger partial charge in [-0.1, -0.05) is 38.3 Å². The van der Waals surface area contributed by atoms with Crippen molar-refractivity contribution in [1.29, 1.82) is 0 Å². The van der Waals surface area contributed by atoms with Crippen molar-refractivity contribution in [3.8, 4) is 5.75 Å². The van der Waals surface area contributed by atoms with Crippen molar-refractivity contribution >= 4 is 11.6 Å². The molecule has 0 aliphatic carbocycles. The van der Waals surface area contributed by atoms with E-state index in [0.717, 1.165) is 37.0 Å². The molecule has 0 aliphatic heterocycles. The van der Waals surface area contributed by atoms with Gasteiger partial charge in [-0.3, -0.25) is 0 Å². The molecule has 96 valence electrons. The third-order valence-corrected chi connectivity index (χ3v) is 3.33. The molecule has 0 saturated carbocycles. The van der Waals surface area contributed by atoms with Gasteiger partial charge in [0, 0.05) is 16.1 Å². The van der Waals surface area contributed by atoms with Crippen LogP contribution >= 0.6 is 11.6 Å². The lowest BCUT2D eigenvalue weighted by Gasteiger charge is -2.31. The van der Waals surface area contributed by atoms with Crippen LogP contribution in [0.4, 0.5) is 0 Å². The molecule has 2 nitrogen and oxygen atoms in total. The van der Waals surface area contributed by atoms with Crippen LogP contribution in [0, 0.1) is 0 Å². The van der Waals surface area contributed by atoms with Gasteiger partial charge in [0.05, 0.1) is 7.11 Å². The number of methoxy groups -OCH3 is 1. The van der Waals surface area contributed by atoms with E-state index in [4.69, 9.17) is 22.1 Å². The smallest absolute Gasteiger partial charge is 0.124 e. The van der Waals surface area contributed by atoms with Crippen molar-refractivity contribution in [2.45, 2.75) is 45.1 Å².